The lowest BCUT2D eigenvalue weighted by Gasteiger charge is -2.29. The van der Waals surface area contributed by atoms with Crippen molar-refractivity contribution in [2.75, 3.05) is 23.8 Å². The average Bonchev–Trinajstić information content (AvgIpc) is 2.81. The van der Waals surface area contributed by atoms with Gasteiger partial charge in [-0.15, -0.1) is 0 Å². The van der Waals surface area contributed by atoms with Crippen molar-refractivity contribution < 1.29 is 31.2 Å². The minimum atomic E-state index is -4.85. The van der Waals surface area contributed by atoms with Crippen molar-refractivity contribution in [3.63, 3.8) is 0 Å². The van der Waals surface area contributed by atoms with E-state index in [1.54, 1.807) is 31.2 Å². The van der Waals surface area contributed by atoms with E-state index < -0.39 is 50.2 Å². The number of rotatable bonds is 4. The van der Waals surface area contributed by atoms with Crippen LogP contribution in [0.15, 0.2) is 47.4 Å². The Morgan fingerprint density at radius 3 is 2.56 bits per heavy atom. The van der Waals surface area contributed by atoms with Crippen LogP contribution >= 0.6 is 11.6 Å². The number of amides is 2. The highest BCUT2D eigenvalue weighted by atomic mass is 35.5. The molecule has 1 aliphatic rings. The lowest BCUT2D eigenvalue weighted by atomic mass is 10.1. The quantitative estimate of drug-likeness (QED) is 0.708. The van der Waals surface area contributed by atoms with Gasteiger partial charge in [0, 0.05) is 19.5 Å². The van der Waals surface area contributed by atoms with E-state index in [0.29, 0.717) is 21.7 Å². The van der Waals surface area contributed by atoms with Gasteiger partial charge >= 0.3 is 6.18 Å². The third kappa shape index (κ3) is 4.74. The number of benzene rings is 2. The molecule has 0 spiro atoms. The number of nitrogens with one attached hydrogen (secondary N) is 1. The van der Waals surface area contributed by atoms with Crippen molar-refractivity contribution in [2.45, 2.75) is 30.5 Å². The van der Waals surface area contributed by atoms with Gasteiger partial charge in [-0.25, -0.2) is 8.42 Å². The number of fused-ring (bicyclic) bond motifs is 1. The highest BCUT2D eigenvalue weighted by Gasteiger charge is 2.36. The van der Waals surface area contributed by atoms with Gasteiger partial charge in [-0.3, -0.25) is 9.59 Å². The largest absolute Gasteiger partial charge is 0.417 e. The van der Waals surface area contributed by atoms with Crippen LogP contribution in [0.1, 0.15) is 18.9 Å². The summed E-state index contributed by atoms with van der Waals surface area (Å²) in [5.41, 5.74) is -0.500. The van der Waals surface area contributed by atoms with Crippen LogP contribution in [0.5, 0.6) is 0 Å². The fourth-order valence-corrected chi connectivity index (χ4v) is 4.75. The van der Waals surface area contributed by atoms with Crippen LogP contribution in [0.4, 0.5) is 24.5 Å². The molecule has 172 valence electrons. The summed E-state index contributed by atoms with van der Waals surface area (Å²) in [6.07, 6.45) is -4.86. The summed E-state index contributed by atoms with van der Waals surface area (Å²) in [4.78, 5) is 25.8. The molecule has 0 aliphatic carbocycles. The number of hydrogen-bond acceptors (Lipinski definition) is 4. The van der Waals surface area contributed by atoms with Crippen molar-refractivity contribution >= 4 is 44.8 Å². The first kappa shape index (κ1) is 24.0. The number of alkyl halides is 3. The Kier molecular flexibility index (Phi) is 6.55. The molecule has 1 heterocycles. The number of nitrogens with zero attached hydrogens (tertiary/aromatic N) is 2. The maximum Gasteiger partial charge on any atom is 0.417 e. The molecule has 1 atom stereocenters. The first-order chi connectivity index (χ1) is 14.8. The second-order valence-electron chi connectivity index (χ2n) is 7.28. The second-order valence-corrected chi connectivity index (χ2v) is 9.73. The van der Waals surface area contributed by atoms with E-state index in [1.165, 1.54) is 4.90 Å². The first-order valence-electron chi connectivity index (χ1n) is 9.36. The maximum atomic E-state index is 13.1. The third-order valence-corrected chi connectivity index (χ3v) is 7.07. The molecule has 0 aromatic heterocycles. The zero-order chi connectivity index (χ0) is 23.8. The zero-order valence-corrected chi connectivity index (χ0v) is 18.6. The molecular weight excluding hydrogens is 471 g/mol. The van der Waals surface area contributed by atoms with Crippen molar-refractivity contribution in [1.82, 2.24) is 4.31 Å². The molecule has 0 saturated heterocycles. The van der Waals surface area contributed by atoms with Crippen LogP contribution in [0.3, 0.4) is 0 Å². The van der Waals surface area contributed by atoms with Gasteiger partial charge in [0.25, 0.3) is 0 Å². The number of para-hydroxylation sites is 2. The molecule has 0 saturated carbocycles. The topological polar surface area (TPSA) is 86.8 Å². The summed E-state index contributed by atoms with van der Waals surface area (Å²) in [7, 11) is -3.35. The highest BCUT2D eigenvalue weighted by molar-refractivity contribution is 7.89. The van der Waals surface area contributed by atoms with Crippen molar-refractivity contribution in [3.05, 3.63) is 53.1 Å². The van der Waals surface area contributed by atoms with E-state index in [4.69, 9.17) is 11.6 Å². The Hall–Kier alpha value is -2.63. The van der Waals surface area contributed by atoms with E-state index in [9.17, 15) is 31.2 Å². The molecule has 7 nitrogen and oxygen atoms in total. The molecule has 1 unspecified atom stereocenters. The molecule has 2 aromatic rings. The Morgan fingerprint density at radius 2 is 1.91 bits per heavy atom. The van der Waals surface area contributed by atoms with Gasteiger partial charge in [0.05, 0.1) is 33.4 Å². The van der Waals surface area contributed by atoms with Crippen LogP contribution in [0.25, 0.3) is 0 Å². The Labute approximate surface area is 187 Å². The van der Waals surface area contributed by atoms with Gasteiger partial charge in [0.2, 0.25) is 21.8 Å². The summed E-state index contributed by atoms with van der Waals surface area (Å²) in [6.45, 7) is 0.988. The summed E-state index contributed by atoms with van der Waals surface area (Å²) >= 11 is 5.56. The van der Waals surface area contributed by atoms with Gasteiger partial charge in [-0.05, 0) is 37.3 Å². The number of hydrogen-bond donors (Lipinski definition) is 1. The van der Waals surface area contributed by atoms with Gasteiger partial charge in [0.15, 0.2) is 0 Å². The van der Waals surface area contributed by atoms with Crippen LogP contribution in [-0.2, 0) is 25.8 Å². The van der Waals surface area contributed by atoms with Gasteiger partial charge in [0.1, 0.15) is 0 Å². The maximum absolute atomic E-state index is 13.1. The van der Waals surface area contributed by atoms with E-state index in [1.807, 2.05) is 0 Å². The number of halogens is 4. The SMILES string of the molecule is CC1CC(=O)Nc2ccccc2N1C(=O)CN(C)S(=O)(=O)c1ccc(Cl)c(C(F)(F)F)c1. The summed E-state index contributed by atoms with van der Waals surface area (Å²) in [6, 6.07) is 8.21. The monoisotopic (exact) mass is 489 g/mol. The fourth-order valence-electron chi connectivity index (χ4n) is 3.38. The normalized spacial score (nSPS) is 17.0. The molecular formula is C20H19ClF3N3O4S. The highest BCUT2D eigenvalue weighted by Crippen LogP contribution is 2.36. The van der Waals surface area contributed by atoms with E-state index >= 15 is 0 Å². The number of carbonyl (C=O) groups is 2. The molecule has 2 amide bonds. The molecule has 2 aromatic carbocycles. The average molecular weight is 490 g/mol. The molecule has 1 aliphatic heterocycles. The number of carbonyl (C=O) groups excluding carboxylic acids is 2. The smallest absolute Gasteiger partial charge is 0.324 e. The Balaban J connectivity index is 1.91. The molecule has 0 bridgehead atoms. The summed E-state index contributed by atoms with van der Waals surface area (Å²) in [5, 5.41) is 2.05. The Bertz CT molecular complexity index is 1170. The lowest BCUT2D eigenvalue weighted by Crippen LogP contribution is -2.45. The van der Waals surface area contributed by atoms with E-state index in [-0.39, 0.29) is 12.3 Å². The number of likely N-dealkylation sites (N-methyl/N-ethyl adjacent to an activating group) is 1. The van der Waals surface area contributed by atoms with Gasteiger partial charge in [-0.2, -0.15) is 17.5 Å². The van der Waals surface area contributed by atoms with Crippen molar-refractivity contribution in [3.8, 4) is 0 Å². The lowest BCUT2D eigenvalue weighted by molar-refractivity contribution is -0.137. The molecule has 0 radical (unpaired) electrons. The predicted molar refractivity (Wildman–Crippen MR) is 113 cm³/mol. The van der Waals surface area contributed by atoms with Crippen LogP contribution in [0.2, 0.25) is 5.02 Å². The molecule has 12 heteroatoms. The number of sulfonamides is 1. The fraction of sp³-hybridized carbons (Fsp3) is 0.300. The van der Waals surface area contributed by atoms with Crippen molar-refractivity contribution in [2.24, 2.45) is 0 Å². The Morgan fingerprint density at radius 1 is 1.25 bits per heavy atom. The third-order valence-electron chi connectivity index (χ3n) is 4.94. The molecule has 0 fully saturated rings. The second kappa shape index (κ2) is 8.72. The zero-order valence-electron chi connectivity index (χ0n) is 17.0. The van der Waals surface area contributed by atoms with Crippen LogP contribution < -0.4 is 10.2 Å². The van der Waals surface area contributed by atoms with Gasteiger partial charge in [-0.1, -0.05) is 23.7 Å². The molecule has 3 rings (SSSR count). The van der Waals surface area contributed by atoms with Gasteiger partial charge < -0.3 is 10.2 Å². The van der Waals surface area contributed by atoms with E-state index in [2.05, 4.69) is 5.32 Å². The number of anilines is 2. The minimum Gasteiger partial charge on any atom is -0.324 e. The van der Waals surface area contributed by atoms with Crippen LogP contribution in [-0.4, -0.2) is 44.2 Å². The van der Waals surface area contributed by atoms with E-state index in [0.717, 1.165) is 19.2 Å². The summed E-state index contributed by atoms with van der Waals surface area (Å²) in [5.74, 6) is -0.945. The molecule has 32 heavy (non-hydrogen) atoms. The molecule has 1 N–H and O–H groups in total. The first-order valence-corrected chi connectivity index (χ1v) is 11.2. The van der Waals surface area contributed by atoms with Crippen molar-refractivity contribution in [1.29, 1.82) is 0 Å². The standard InChI is InChI=1S/C20H19ClF3N3O4S/c1-12-9-18(28)25-16-5-3-4-6-17(16)27(12)19(29)11-26(2)32(30,31)13-7-8-15(21)14(10-13)20(22,23)24/h3-8,10,12H,9,11H2,1-2H3,(H,25,28). The summed E-state index contributed by atoms with van der Waals surface area (Å²) < 4.78 is 65.8. The predicted octanol–water partition coefficient (Wildman–Crippen LogP) is 3.74. The van der Waals surface area contributed by atoms with Crippen LogP contribution in [0, 0.1) is 0 Å². The minimum absolute atomic E-state index is 0.0109.